The number of hydrogen-bond acceptors (Lipinski definition) is 2. The number of aliphatic hydroxyl groups is 1. The van der Waals surface area contributed by atoms with Gasteiger partial charge < -0.3 is 0 Å². The van der Waals surface area contributed by atoms with Crippen molar-refractivity contribution >= 4 is 20.6 Å². The van der Waals surface area contributed by atoms with Crippen molar-refractivity contribution < 1.29 is 5.11 Å². The van der Waals surface area contributed by atoms with Gasteiger partial charge in [0.25, 0.3) is 0 Å². The zero-order chi connectivity index (χ0) is 14.4. The van der Waals surface area contributed by atoms with E-state index < -0.39 is 0 Å². The molecule has 2 aromatic rings. The van der Waals surface area contributed by atoms with Crippen LogP contribution in [0.15, 0.2) is 65.7 Å². The summed E-state index contributed by atoms with van der Waals surface area (Å²) in [5, 5.41) is 9.69. The molecule has 3 heteroatoms. The number of aliphatic imine (C=N–C) groups is 1. The minimum absolute atomic E-state index is 0.0346. The summed E-state index contributed by atoms with van der Waals surface area (Å²) in [5.74, 6) is 0. The fourth-order valence-electron chi connectivity index (χ4n) is 2.06. The Balaban J connectivity index is 2.28. The van der Waals surface area contributed by atoms with Gasteiger partial charge in [-0.3, -0.25) is 0 Å². The average Bonchev–Trinajstić information content (AvgIpc) is 2.48. The van der Waals surface area contributed by atoms with Crippen molar-refractivity contribution in [1.29, 1.82) is 0 Å². The van der Waals surface area contributed by atoms with Crippen LogP contribution in [0.2, 0.25) is 0 Å². The zero-order valence-electron chi connectivity index (χ0n) is 11.4. The minimum atomic E-state index is -0.382. The van der Waals surface area contributed by atoms with E-state index in [1.54, 1.807) is 6.92 Å². The van der Waals surface area contributed by atoms with Crippen molar-refractivity contribution in [2.24, 2.45) is 4.99 Å². The third-order valence-electron chi connectivity index (χ3n) is 3.04. The summed E-state index contributed by atoms with van der Waals surface area (Å²) in [5.41, 5.74) is 2.19. The van der Waals surface area contributed by atoms with Gasteiger partial charge in [-0.05, 0) is 0 Å². The molecule has 0 aliphatic heterocycles. The maximum atomic E-state index is 9.69. The first-order valence-corrected chi connectivity index (χ1v) is 7.55. The quantitative estimate of drug-likeness (QED) is 0.663. The normalized spacial score (nSPS) is 14.8. The third kappa shape index (κ3) is 4.31. The SMILES string of the molecule is CC(O)CC(N=C([Se])c1ccccc1)c1ccccc1. The van der Waals surface area contributed by atoms with Crippen molar-refractivity contribution in [2.45, 2.75) is 25.5 Å². The van der Waals surface area contributed by atoms with E-state index >= 15 is 0 Å². The molecule has 0 aromatic heterocycles. The monoisotopic (exact) mass is 332 g/mol. The van der Waals surface area contributed by atoms with Crippen molar-refractivity contribution in [2.75, 3.05) is 0 Å². The molecular weight excluding hydrogens is 313 g/mol. The summed E-state index contributed by atoms with van der Waals surface area (Å²) in [6.07, 6.45) is 0.231. The van der Waals surface area contributed by atoms with Gasteiger partial charge in [0.1, 0.15) is 0 Å². The standard InChI is InChI=1S/C17H18NOSe/c1-13(19)12-16(14-8-4-2-5-9-14)18-17(20)15-10-6-3-7-11-15/h2-11,13,16,19H,12H2,1H3. The Kier molecular flexibility index (Phi) is 5.54. The van der Waals surface area contributed by atoms with Gasteiger partial charge in [-0.15, -0.1) is 0 Å². The molecule has 20 heavy (non-hydrogen) atoms. The van der Waals surface area contributed by atoms with Crippen LogP contribution in [-0.2, 0) is 0 Å². The summed E-state index contributed by atoms with van der Waals surface area (Å²) in [6.45, 7) is 1.80. The number of benzene rings is 2. The Hall–Kier alpha value is -1.41. The van der Waals surface area contributed by atoms with Gasteiger partial charge in [-0.2, -0.15) is 0 Å². The number of rotatable bonds is 5. The Morgan fingerprint density at radius 3 is 2.15 bits per heavy atom. The number of hydrogen-bond donors (Lipinski definition) is 1. The Morgan fingerprint density at radius 2 is 1.60 bits per heavy atom. The van der Waals surface area contributed by atoms with E-state index in [4.69, 9.17) is 4.99 Å². The summed E-state index contributed by atoms with van der Waals surface area (Å²) in [6, 6.07) is 20.1. The summed E-state index contributed by atoms with van der Waals surface area (Å²) >= 11 is 3.04. The molecule has 2 nitrogen and oxygen atoms in total. The molecule has 2 unspecified atom stereocenters. The molecule has 0 aliphatic carbocycles. The van der Waals surface area contributed by atoms with E-state index in [0.29, 0.717) is 6.42 Å². The molecule has 0 fully saturated rings. The third-order valence-corrected chi connectivity index (χ3v) is 3.76. The van der Waals surface area contributed by atoms with Crippen LogP contribution in [-0.4, -0.2) is 31.8 Å². The molecule has 2 rings (SSSR count). The first-order valence-electron chi connectivity index (χ1n) is 6.70. The van der Waals surface area contributed by atoms with Gasteiger partial charge in [-0.1, -0.05) is 0 Å². The van der Waals surface area contributed by atoms with Gasteiger partial charge in [-0.25, -0.2) is 0 Å². The Morgan fingerprint density at radius 1 is 1.05 bits per heavy atom. The maximum absolute atomic E-state index is 9.69. The summed E-state index contributed by atoms with van der Waals surface area (Å²) < 4.78 is 0.875. The van der Waals surface area contributed by atoms with Crippen LogP contribution in [0.25, 0.3) is 0 Å². The summed E-state index contributed by atoms with van der Waals surface area (Å²) in [7, 11) is 0. The van der Waals surface area contributed by atoms with Crippen LogP contribution < -0.4 is 0 Å². The summed E-state index contributed by atoms with van der Waals surface area (Å²) in [4.78, 5) is 4.76. The topological polar surface area (TPSA) is 32.6 Å². The van der Waals surface area contributed by atoms with Crippen LogP contribution in [0.3, 0.4) is 0 Å². The first kappa shape index (κ1) is 15.0. The second-order valence-electron chi connectivity index (χ2n) is 4.81. The van der Waals surface area contributed by atoms with Crippen LogP contribution in [0.4, 0.5) is 0 Å². The molecule has 2 aromatic carbocycles. The van der Waals surface area contributed by atoms with Crippen LogP contribution >= 0.6 is 0 Å². The van der Waals surface area contributed by atoms with Crippen molar-refractivity contribution in [3.63, 3.8) is 0 Å². The molecule has 1 N–H and O–H groups in total. The fourth-order valence-corrected chi connectivity index (χ4v) is 2.61. The van der Waals surface area contributed by atoms with Crippen LogP contribution in [0.5, 0.6) is 0 Å². The molecule has 0 spiro atoms. The predicted molar refractivity (Wildman–Crippen MR) is 84.2 cm³/mol. The molecule has 0 amide bonds. The van der Waals surface area contributed by atoms with Gasteiger partial charge in [0.15, 0.2) is 0 Å². The number of nitrogens with zero attached hydrogens (tertiary/aromatic N) is 1. The Labute approximate surface area is 128 Å². The van der Waals surface area contributed by atoms with E-state index in [1.807, 2.05) is 48.5 Å². The average molecular weight is 331 g/mol. The first-order chi connectivity index (χ1) is 9.66. The molecule has 0 heterocycles. The molecule has 2 atom stereocenters. The van der Waals surface area contributed by atoms with E-state index in [0.717, 1.165) is 15.7 Å². The Bertz CT molecular complexity index is 552. The molecule has 0 bridgehead atoms. The van der Waals surface area contributed by atoms with Crippen LogP contribution in [0.1, 0.15) is 30.5 Å². The number of aliphatic hydroxyl groups excluding tert-OH is 1. The van der Waals surface area contributed by atoms with Crippen molar-refractivity contribution in [3.8, 4) is 0 Å². The second kappa shape index (κ2) is 7.39. The van der Waals surface area contributed by atoms with Gasteiger partial charge >= 0.3 is 128 Å². The fraction of sp³-hybridized carbons (Fsp3) is 0.235. The van der Waals surface area contributed by atoms with Gasteiger partial charge in [0.05, 0.1) is 0 Å². The molecule has 0 saturated carbocycles. The molecular formula is C17H18NOSe. The van der Waals surface area contributed by atoms with E-state index in [1.165, 1.54) is 0 Å². The van der Waals surface area contributed by atoms with Gasteiger partial charge in [0, 0.05) is 0 Å². The van der Waals surface area contributed by atoms with Crippen molar-refractivity contribution in [3.05, 3.63) is 71.8 Å². The van der Waals surface area contributed by atoms with E-state index in [9.17, 15) is 5.11 Å². The van der Waals surface area contributed by atoms with Gasteiger partial charge in [0.2, 0.25) is 0 Å². The predicted octanol–water partition coefficient (Wildman–Crippen LogP) is 3.11. The molecule has 103 valence electrons. The molecule has 0 aliphatic rings. The van der Waals surface area contributed by atoms with Crippen LogP contribution in [0, 0.1) is 0 Å². The van der Waals surface area contributed by atoms with E-state index in [2.05, 4.69) is 28.1 Å². The van der Waals surface area contributed by atoms with Crippen molar-refractivity contribution in [1.82, 2.24) is 0 Å². The zero-order valence-corrected chi connectivity index (χ0v) is 13.2. The second-order valence-corrected chi connectivity index (χ2v) is 5.62. The van der Waals surface area contributed by atoms with E-state index in [-0.39, 0.29) is 12.1 Å². The molecule has 0 saturated heterocycles. The molecule has 1 radical (unpaired) electrons.